The van der Waals surface area contributed by atoms with Gasteiger partial charge in [-0.15, -0.1) is 0 Å². The van der Waals surface area contributed by atoms with Gasteiger partial charge in [-0.1, -0.05) is 19.8 Å². The zero-order valence-electron chi connectivity index (χ0n) is 13.2. The Morgan fingerprint density at radius 2 is 1.62 bits per heavy atom. The highest BCUT2D eigenvalue weighted by atomic mass is 19.4. The summed E-state index contributed by atoms with van der Waals surface area (Å²) in [7, 11) is 0. The largest absolute Gasteiger partial charge is 0.401 e. The van der Waals surface area contributed by atoms with Crippen LogP contribution in [0.2, 0.25) is 0 Å². The third kappa shape index (κ3) is 8.63. The van der Waals surface area contributed by atoms with Crippen molar-refractivity contribution in [2.75, 3.05) is 45.8 Å². The van der Waals surface area contributed by atoms with Crippen molar-refractivity contribution >= 4 is 0 Å². The van der Waals surface area contributed by atoms with Gasteiger partial charge >= 0.3 is 6.18 Å². The molecule has 21 heavy (non-hydrogen) atoms. The number of nitrogens with two attached hydrogens (primary N) is 1. The van der Waals surface area contributed by atoms with Gasteiger partial charge in [0.05, 0.1) is 6.54 Å². The molecule has 1 unspecified atom stereocenters. The molecule has 2 N–H and O–H groups in total. The Morgan fingerprint density at radius 3 is 2.14 bits per heavy atom. The molecule has 6 heteroatoms. The summed E-state index contributed by atoms with van der Waals surface area (Å²) in [5.41, 5.74) is 5.63. The van der Waals surface area contributed by atoms with Crippen LogP contribution in [0.5, 0.6) is 0 Å². The van der Waals surface area contributed by atoms with E-state index in [1.54, 1.807) is 0 Å². The summed E-state index contributed by atoms with van der Waals surface area (Å²) in [6.45, 7) is 5.75. The van der Waals surface area contributed by atoms with Crippen LogP contribution >= 0.6 is 0 Å². The van der Waals surface area contributed by atoms with Crippen LogP contribution in [0, 0.1) is 5.92 Å². The summed E-state index contributed by atoms with van der Waals surface area (Å²) in [5, 5.41) is 0. The van der Waals surface area contributed by atoms with Gasteiger partial charge in [-0.05, 0) is 38.3 Å². The predicted molar refractivity (Wildman–Crippen MR) is 80.2 cm³/mol. The van der Waals surface area contributed by atoms with Crippen LogP contribution in [0.15, 0.2) is 0 Å². The molecule has 0 aromatic heterocycles. The summed E-state index contributed by atoms with van der Waals surface area (Å²) in [6, 6.07) is 0. The summed E-state index contributed by atoms with van der Waals surface area (Å²) >= 11 is 0. The van der Waals surface area contributed by atoms with Crippen molar-refractivity contribution in [2.45, 2.75) is 45.2 Å². The third-order valence-electron chi connectivity index (χ3n) is 4.23. The number of rotatable bonds is 9. The van der Waals surface area contributed by atoms with Crippen molar-refractivity contribution in [1.82, 2.24) is 9.80 Å². The van der Waals surface area contributed by atoms with E-state index >= 15 is 0 Å². The molecular formula is C15H30F3N3. The standard InChI is InChI=1S/C15H30F3N3/c1-2-4-14(6-7-19)5-3-8-20-9-11-21(12-10-20)13-15(16,17)18/h14H,2-13,19H2,1H3. The van der Waals surface area contributed by atoms with Crippen LogP contribution in [0.3, 0.4) is 0 Å². The normalized spacial score (nSPS) is 19.9. The lowest BCUT2D eigenvalue weighted by atomic mass is 9.94. The second-order valence-electron chi connectivity index (χ2n) is 6.11. The minimum Gasteiger partial charge on any atom is -0.330 e. The van der Waals surface area contributed by atoms with Crippen LogP contribution in [0.4, 0.5) is 13.2 Å². The van der Waals surface area contributed by atoms with Crippen LogP contribution in [0.25, 0.3) is 0 Å². The van der Waals surface area contributed by atoms with Gasteiger partial charge in [0.2, 0.25) is 0 Å². The monoisotopic (exact) mass is 309 g/mol. The molecule has 3 nitrogen and oxygen atoms in total. The van der Waals surface area contributed by atoms with Gasteiger partial charge in [-0.2, -0.15) is 13.2 Å². The van der Waals surface area contributed by atoms with Crippen molar-refractivity contribution in [3.05, 3.63) is 0 Å². The Kier molecular flexibility index (Phi) is 8.59. The van der Waals surface area contributed by atoms with E-state index in [2.05, 4.69) is 11.8 Å². The zero-order chi connectivity index (χ0) is 15.7. The Hall–Kier alpha value is -0.330. The van der Waals surface area contributed by atoms with Gasteiger partial charge in [0.15, 0.2) is 0 Å². The Labute approximate surface area is 126 Å². The molecule has 1 aliphatic rings. The summed E-state index contributed by atoms with van der Waals surface area (Å²) in [5.74, 6) is 0.714. The smallest absolute Gasteiger partial charge is 0.330 e. The molecule has 1 aliphatic heterocycles. The molecule has 0 aromatic rings. The molecule has 0 amide bonds. The Bertz CT molecular complexity index is 257. The summed E-state index contributed by atoms with van der Waals surface area (Å²) in [4.78, 5) is 3.79. The number of nitrogens with zero attached hydrogens (tertiary/aromatic N) is 2. The topological polar surface area (TPSA) is 32.5 Å². The second-order valence-corrected chi connectivity index (χ2v) is 6.11. The molecule has 0 aromatic carbocycles. The van der Waals surface area contributed by atoms with Crippen LogP contribution in [0.1, 0.15) is 39.0 Å². The van der Waals surface area contributed by atoms with Gasteiger partial charge < -0.3 is 10.6 Å². The first kappa shape index (κ1) is 18.7. The maximum Gasteiger partial charge on any atom is 0.401 e. The minimum atomic E-state index is -4.07. The van der Waals surface area contributed by atoms with Gasteiger partial charge in [-0.3, -0.25) is 4.90 Å². The molecule has 0 saturated carbocycles. The van der Waals surface area contributed by atoms with Crippen LogP contribution in [-0.2, 0) is 0 Å². The molecule has 0 spiro atoms. The number of alkyl halides is 3. The molecule has 0 aliphatic carbocycles. The van der Waals surface area contributed by atoms with Gasteiger partial charge in [0, 0.05) is 26.2 Å². The van der Waals surface area contributed by atoms with E-state index in [-0.39, 0.29) is 0 Å². The van der Waals surface area contributed by atoms with Crippen molar-refractivity contribution in [2.24, 2.45) is 11.7 Å². The number of hydrogen-bond donors (Lipinski definition) is 1. The number of hydrogen-bond acceptors (Lipinski definition) is 3. The minimum absolute atomic E-state index is 0.528. The maximum atomic E-state index is 12.3. The Morgan fingerprint density at radius 1 is 1.00 bits per heavy atom. The fraction of sp³-hybridized carbons (Fsp3) is 1.00. The van der Waals surface area contributed by atoms with E-state index < -0.39 is 12.7 Å². The fourth-order valence-electron chi connectivity index (χ4n) is 3.11. The highest BCUT2D eigenvalue weighted by Crippen LogP contribution is 2.19. The van der Waals surface area contributed by atoms with Crippen molar-refractivity contribution in [3.63, 3.8) is 0 Å². The van der Waals surface area contributed by atoms with E-state index in [9.17, 15) is 13.2 Å². The molecule has 0 bridgehead atoms. The summed E-state index contributed by atoms with van der Waals surface area (Å²) < 4.78 is 36.9. The predicted octanol–water partition coefficient (Wildman–Crippen LogP) is 2.71. The van der Waals surface area contributed by atoms with Crippen molar-refractivity contribution in [1.29, 1.82) is 0 Å². The first-order valence-corrected chi connectivity index (χ1v) is 8.16. The fourth-order valence-corrected chi connectivity index (χ4v) is 3.11. The zero-order valence-corrected chi connectivity index (χ0v) is 13.2. The molecule has 1 fully saturated rings. The number of halogens is 3. The second kappa shape index (κ2) is 9.64. The average molecular weight is 309 g/mol. The first-order chi connectivity index (χ1) is 9.94. The lowest BCUT2D eigenvalue weighted by Crippen LogP contribution is -2.49. The first-order valence-electron chi connectivity index (χ1n) is 8.16. The molecular weight excluding hydrogens is 279 g/mol. The molecule has 0 radical (unpaired) electrons. The van der Waals surface area contributed by atoms with E-state index in [4.69, 9.17) is 5.73 Å². The van der Waals surface area contributed by atoms with E-state index in [0.717, 1.165) is 39.0 Å². The van der Waals surface area contributed by atoms with E-state index in [1.807, 2.05) is 0 Å². The Balaban J connectivity index is 2.15. The quantitative estimate of drug-likeness (QED) is 0.711. The molecule has 1 saturated heterocycles. The molecule has 1 atom stereocenters. The van der Waals surface area contributed by atoms with Gasteiger partial charge in [0.1, 0.15) is 0 Å². The van der Waals surface area contributed by atoms with Crippen LogP contribution in [-0.4, -0.2) is 61.8 Å². The van der Waals surface area contributed by atoms with Crippen molar-refractivity contribution < 1.29 is 13.2 Å². The van der Waals surface area contributed by atoms with Gasteiger partial charge in [-0.25, -0.2) is 0 Å². The van der Waals surface area contributed by atoms with E-state index in [0.29, 0.717) is 19.0 Å². The van der Waals surface area contributed by atoms with Gasteiger partial charge in [0.25, 0.3) is 0 Å². The average Bonchev–Trinajstić information content (AvgIpc) is 2.39. The molecule has 126 valence electrons. The highest BCUT2D eigenvalue weighted by Gasteiger charge is 2.31. The van der Waals surface area contributed by atoms with Crippen molar-refractivity contribution in [3.8, 4) is 0 Å². The third-order valence-corrected chi connectivity index (χ3v) is 4.23. The molecule has 1 heterocycles. The highest BCUT2D eigenvalue weighted by molar-refractivity contribution is 4.74. The number of piperazine rings is 1. The SMILES string of the molecule is CCCC(CCN)CCCN1CCN(CC(F)(F)F)CC1. The van der Waals surface area contributed by atoms with E-state index in [1.165, 1.54) is 24.2 Å². The maximum absolute atomic E-state index is 12.3. The lowest BCUT2D eigenvalue weighted by Gasteiger charge is -2.35. The lowest BCUT2D eigenvalue weighted by molar-refractivity contribution is -0.149. The molecule has 1 rings (SSSR count). The van der Waals surface area contributed by atoms with Crippen LogP contribution < -0.4 is 5.73 Å². The summed E-state index contributed by atoms with van der Waals surface area (Å²) in [6.07, 6.45) is 1.76.